The molecule has 296 valence electrons. The molecule has 14 rings (SSSR count). The minimum atomic E-state index is -0.121. The van der Waals surface area contributed by atoms with E-state index in [0.717, 1.165) is 21.9 Å². The number of hydrogen-bond acceptors (Lipinski definition) is 4. The molecule has 0 unspecified atom stereocenters. The number of para-hydroxylation sites is 1. The maximum absolute atomic E-state index is 6.75. The van der Waals surface area contributed by atoms with Crippen molar-refractivity contribution >= 4 is 136 Å². The molecule has 0 spiro atoms. The highest BCUT2D eigenvalue weighted by Crippen LogP contribution is 2.54. The molecule has 0 N–H and O–H groups in total. The van der Waals surface area contributed by atoms with Gasteiger partial charge in [-0.2, -0.15) is 0 Å². The Morgan fingerprint density at radius 1 is 0.516 bits per heavy atom. The Morgan fingerprint density at radius 3 is 1.98 bits per heavy atom. The fourth-order valence-electron chi connectivity index (χ4n) is 11.1. The first kappa shape index (κ1) is 35.3. The highest BCUT2D eigenvalue weighted by molar-refractivity contribution is 7.27. The summed E-state index contributed by atoms with van der Waals surface area (Å²) in [6, 6.07) is 53.2. The van der Waals surface area contributed by atoms with E-state index in [0.29, 0.717) is 0 Å². The third-order valence-corrected chi connectivity index (χ3v) is 16.4. The lowest BCUT2D eigenvalue weighted by Gasteiger charge is -2.42. The summed E-state index contributed by atoms with van der Waals surface area (Å²) in [6.45, 7) is 13.8. The van der Waals surface area contributed by atoms with Crippen molar-refractivity contribution in [3.05, 3.63) is 151 Å². The van der Waals surface area contributed by atoms with Gasteiger partial charge in [-0.05, 0) is 87.5 Å². The van der Waals surface area contributed by atoms with Gasteiger partial charge in [0.05, 0.1) is 11.0 Å². The molecule has 0 aliphatic carbocycles. The number of fused-ring (bicyclic) bond motifs is 19. The molecule has 2 aliphatic rings. The smallest absolute Gasteiger partial charge is 0.333 e. The first-order valence-electron chi connectivity index (χ1n) is 21.8. The molecule has 62 heavy (non-hydrogen) atoms. The third kappa shape index (κ3) is 4.51. The molecule has 3 nitrogen and oxygen atoms in total. The van der Waals surface area contributed by atoms with Gasteiger partial charge >= 0.3 is 6.85 Å². The van der Waals surface area contributed by atoms with Crippen LogP contribution in [0.25, 0.3) is 101 Å². The van der Waals surface area contributed by atoms with Crippen LogP contribution in [-0.4, -0.2) is 11.4 Å². The molecule has 2 aliphatic heterocycles. The second-order valence-corrected chi connectivity index (χ2v) is 21.8. The molecule has 0 saturated carbocycles. The number of furan rings is 1. The third-order valence-electron chi connectivity index (χ3n) is 14.1. The Hall–Kier alpha value is -6.34. The largest absolute Gasteiger partial charge is 0.456 e. The molecule has 0 saturated heterocycles. The van der Waals surface area contributed by atoms with Gasteiger partial charge in [0.1, 0.15) is 11.2 Å². The van der Waals surface area contributed by atoms with Crippen molar-refractivity contribution in [1.29, 1.82) is 0 Å². The van der Waals surface area contributed by atoms with Crippen LogP contribution in [0.15, 0.2) is 144 Å². The predicted molar refractivity (Wildman–Crippen MR) is 270 cm³/mol. The van der Waals surface area contributed by atoms with Crippen LogP contribution in [0, 0.1) is 0 Å². The molecule has 0 radical (unpaired) electrons. The summed E-state index contributed by atoms with van der Waals surface area (Å²) in [6.07, 6.45) is 0. The summed E-state index contributed by atoms with van der Waals surface area (Å²) < 4.78 is 14.7. The fraction of sp³-hybridized carbons (Fsp3) is 0.143. The maximum atomic E-state index is 6.75. The second kappa shape index (κ2) is 11.8. The predicted octanol–water partition coefficient (Wildman–Crippen LogP) is 15.3. The van der Waals surface area contributed by atoms with Gasteiger partial charge < -0.3 is 13.8 Å². The van der Waals surface area contributed by atoms with Crippen LogP contribution < -0.4 is 15.7 Å². The summed E-state index contributed by atoms with van der Waals surface area (Å²) >= 11 is 3.88. The molecule has 0 bridgehead atoms. The van der Waals surface area contributed by atoms with Crippen LogP contribution in [0.1, 0.15) is 52.7 Å². The zero-order valence-electron chi connectivity index (χ0n) is 35.5. The molecule has 12 aromatic rings. The quantitative estimate of drug-likeness (QED) is 0.154. The van der Waals surface area contributed by atoms with Crippen molar-refractivity contribution in [2.75, 3.05) is 4.81 Å². The SMILES string of the molecule is CC(C)(C)c1ccc(N2B3c4cc5c(cc4-n4c6ccc(C(C)(C)C)cc6c6c7c(sc8ccccc87)c(c3c64)-c3cc4sc6ccccc6c4cc32)oc2ccccc25)cc1. The lowest BCUT2D eigenvalue weighted by atomic mass is 9.43. The Kier molecular flexibility index (Phi) is 6.70. The van der Waals surface area contributed by atoms with E-state index in [2.05, 4.69) is 190 Å². The number of benzene rings is 8. The first-order chi connectivity index (χ1) is 30.0. The van der Waals surface area contributed by atoms with Crippen molar-refractivity contribution in [3.63, 3.8) is 0 Å². The van der Waals surface area contributed by atoms with E-state index in [1.165, 1.54) is 112 Å². The van der Waals surface area contributed by atoms with Crippen molar-refractivity contribution in [2.45, 2.75) is 52.4 Å². The van der Waals surface area contributed by atoms with E-state index in [1.54, 1.807) is 0 Å². The van der Waals surface area contributed by atoms with Gasteiger partial charge in [0.2, 0.25) is 0 Å². The summed E-state index contributed by atoms with van der Waals surface area (Å²) in [5.74, 6) is 0. The van der Waals surface area contributed by atoms with Gasteiger partial charge in [0, 0.05) is 96.1 Å². The van der Waals surface area contributed by atoms with E-state index >= 15 is 0 Å². The molecular formula is C56H41BN2OS2. The number of rotatable bonds is 1. The van der Waals surface area contributed by atoms with Crippen LogP contribution in [0.5, 0.6) is 0 Å². The normalized spacial score (nSPS) is 13.9. The second-order valence-electron chi connectivity index (χ2n) is 19.7. The molecule has 4 aromatic heterocycles. The highest BCUT2D eigenvalue weighted by atomic mass is 32.1. The lowest BCUT2D eigenvalue weighted by Crippen LogP contribution is -2.60. The van der Waals surface area contributed by atoms with Crippen LogP contribution in [-0.2, 0) is 10.8 Å². The van der Waals surface area contributed by atoms with Crippen molar-refractivity contribution in [3.8, 4) is 16.8 Å². The van der Waals surface area contributed by atoms with Crippen LogP contribution in [0.4, 0.5) is 11.4 Å². The van der Waals surface area contributed by atoms with Crippen molar-refractivity contribution in [2.24, 2.45) is 0 Å². The van der Waals surface area contributed by atoms with Crippen LogP contribution >= 0.6 is 22.7 Å². The molecule has 6 heterocycles. The average Bonchev–Trinajstić information content (AvgIpc) is 4.02. The van der Waals surface area contributed by atoms with E-state index in [9.17, 15) is 0 Å². The minimum absolute atomic E-state index is 0.0156. The Bertz CT molecular complexity index is 3960. The molecule has 0 fully saturated rings. The summed E-state index contributed by atoms with van der Waals surface area (Å²) in [4.78, 5) is 2.70. The Labute approximate surface area is 367 Å². The van der Waals surface area contributed by atoms with E-state index in [1.807, 2.05) is 22.7 Å². The zero-order chi connectivity index (χ0) is 41.6. The van der Waals surface area contributed by atoms with Gasteiger partial charge in [-0.15, -0.1) is 22.7 Å². The number of nitrogens with zero attached hydrogens (tertiary/aromatic N) is 2. The summed E-state index contributed by atoms with van der Waals surface area (Å²) in [5, 5.41) is 10.3. The van der Waals surface area contributed by atoms with Crippen LogP contribution in [0.2, 0.25) is 0 Å². The minimum Gasteiger partial charge on any atom is -0.456 e. The highest BCUT2D eigenvalue weighted by Gasteiger charge is 2.46. The zero-order valence-corrected chi connectivity index (χ0v) is 37.1. The fourth-order valence-corrected chi connectivity index (χ4v) is 13.5. The Balaban J connectivity index is 1.24. The van der Waals surface area contributed by atoms with Gasteiger partial charge in [-0.1, -0.05) is 120 Å². The molecule has 8 aromatic carbocycles. The monoisotopic (exact) mass is 832 g/mol. The van der Waals surface area contributed by atoms with E-state index in [-0.39, 0.29) is 17.7 Å². The van der Waals surface area contributed by atoms with Gasteiger partial charge in [0.15, 0.2) is 0 Å². The number of hydrogen-bond donors (Lipinski definition) is 0. The lowest BCUT2D eigenvalue weighted by molar-refractivity contribution is 0.590. The van der Waals surface area contributed by atoms with Crippen LogP contribution in [0.3, 0.4) is 0 Å². The van der Waals surface area contributed by atoms with E-state index in [4.69, 9.17) is 4.42 Å². The molecule has 6 heteroatoms. The topological polar surface area (TPSA) is 21.3 Å². The standard InChI is InChI=1S/C56H41BN2OS2/c1-55(2,3)30-19-22-32(23-20-30)59-42-27-37-34-14-8-11-17-46(34)61-48(37)28-39(42)51-52-53-49(50-35-15-9-12-18-47(35)62-54(50)51)38-25-31(56(4,5)6)21-24-41(38)58(53)43-29-45-36(26-40(43)57(52)59)33-13-7-10-16-44(33)60-45/h7-29H,1-6H3. The van der Waals surface area contributed by atoms with Gasteiger partial charge in [-0.3, -0.25) is 0 Å². The summed E-state index contributed by atoms with van der Waals surface area (Å²) in [7, 11) is 0. The summed E-state index contributed by atoms with van der Waals surface area (Å²) in [5.41, 5.74) is 16.1. The average molecular weight is 833 g/mol. The van der Waals surface area contributed by atoms with Gasteiger partial charge in [-0.25, -0.2) is 0 Å². The first-order valence-corrected chi connectivity index (χ1v) is 23.4. The van der Waals surface area contributed by atoms with E-state index < -0.39 is 0 Å². The number of thiophene rings is 2. The van der Waals surface area contributed by atoms with Crippen molar-refractivity contribution in [1.82, 2.24) is 4.57 Å². The maximum Gasteiger partial charge on any atom is 0.333 e. The molecular weight excluding hydrogens is 792 g/mol. The number of aromatic nitrogens is 1. The molecule has 0 atom stereocenters. The Morgan fingerprint density at radius 2 is 1.21 bits per heavy atom. The van der Waals surface area contributed by atoms with Crippen molar-refractivity contribution < 1.29 is 4.42 Å². The number of anilines is 2. The molecule has 0 amide bonds. The van der Waals surface area contributed by atoms with Gasteiger partial charge in [0.25, 0.3) is 0 Å².